The lowest BCUT2D eigenvalue weighted by Gasteiger charge is -2.13. The normalized spacial score (nSPS) is 12.1. The quantitative estimate of drug-likeness (QED) is 0.615. The van der Waals surface area contributed by atoms with Gasteiger partial charge in [-0.2, -0.15) is 0 Å². The molecule has 1 rings (SSSR count). The third-order valence-electron chi connectivity index (χ3n) is 2.67. The minimum absolute atomic E-state index is 0.0417. The van der Waals surface area contributed by atoms with Gasteiger partial charge in [-0.25, -0.2) is 0 Å². The molecule has 0 heterocycles. The van der Waals surface area contributed by atoms with E-state index in [4.69, 9.17) is 5.73 Å². The Morgan fingerprint density at radius 3 is 2.67 bits per heavy atom. The van der Waals surface area contributed by atoms with Crippen LogP contribution in [0, 0.1) is 0 Å². The standard InChI is InChI=1S/C14H23N3O/c1-12(16-10-6-5-9-15)11-14(18)17-13-7-3-2-4-8-13/h2-4,7-8,12,16H,5-6,9-11,15H2,1H3,(H,17,18). The molecule has 0 bridgehead atoms. The van der Waals surface area contributed by atoms with Crippen LogP contribution in [-0.2, 0) is 4.79 Å². The molecule has 4 heteroatoms. The second kappa shape index (κ2) is 8.66. The first kappa shape index (κ1) is 14.7. The van der Waals surface area contributed by atoms with E-state index in [1.807, 2.05) is 37.3 Å². The lowest BCUT2D eigenvalue weighted by Crippen LogP contribution is -2.31. The number of benzene rings is 1. The van der Waals surface area contributed by atoms with Gasteiger partial charge in [0.05, 0.1) is 0 Å². The third-order valence-corrected chi connectivity index (χ3v) is 2.67. The summed E-state index contributed by atoms with van der Waals surface area (Å²) in [6, 6.07) is 9.70. The van der Waals surface area contributed by atoms with E-state index >= 15 is 0 Å². The molecular formula is C14H23N3O. The van der Waals surface area contributed by atoms with Crippen LogP contribution in [0.25, 0.3) is 0 Å². The van der Waals surface area contributed by atoms with Gasteiger partial charge in [-0.15, -0.1) is 0 Å². The van der Waals surface area contributed by atoms with Crippen molar-refractivity contribution in [2.24, 2.45) is 5.73 Å². The molecule has 1 aromatic carbocycles. The van der Waals surface area contributed by atoms with Gasteiger partial charge in [0.15, 0.2) is 0 Å². The Morgan fingerprint density at radius 2 is 2.00 bits per heavy atom. The summed E-state index contributed by atoms with van der Waals surface area (Å²) in [5.74, 6) is 0.0417. The van der Waals surface area contributed by atoms with Crippen LogP contribution >= 0.6 is 0 Å². The fourth-order valence-corrected chi connectivity index (χ4v) is 1.70. The Bertz CT molecular complexity index is 340. The van der Waals surface area contributed by atoms with E-state index in [-0.39, 0.29) is 11.9 Å². The number of carbonyl (C=O) groups is 1. The van der Waals surface area contributed by atoms with Gasteiger partial charge in [-0.1, -0.05) is 18.2 Å². The van der Waals surface area contributed by atoms with Gasteiger partial charge >= 0.3 is 0 Å². The van der Waals surface area contributed by atoms with Crippen molar-refractivity contribution >= 4 is 11.6 Å². The lowest BCUT2D eigenvalue weighted by atomic mass is 10.2. The first-order valence-corrected chi connectivity index (χ1v) is 6.50. The molecule has 4 nitrogen and oxygen atoms in total. The topological polar surface area (TPSA) is 67.2 Å². The van der Waals surface area contributed by atoms with Gasteiger partial charge in [0.2, 0.25) is 5.91 Å². The molecule has 4 N–H and O–H groups in total. The SMILES string of the molecule is CC(CC(=O)Nc1ccccc1)NCCCCN. The summed E-state index contributed by atoms with van der Waals surface area (Å²) in [6.45, 7) is 3.66. The number of unbranched alkanes of at least 4 members (excludes halogenated alkanes) is 1. The predicted octanol–water partition coefficient (Wildman–Crippen LogP) is 1.73. The van der Waals surface area contributed by atoms with E-state index in [2.05, 4.69) is 10.6 Å². The Kier molecular flexibility index (Phi) is 7.06. The van der Waals surface area contributed by atoms with Crippen molar-refractivity contribution in [1.82, 2.24) is 5.32 Å². The van der Waals surface area contributed by atoms with E-state index in [0.29, 0.717) is 6.42 Å². The molecule has 0 fully saturated rings. The number of carbonyl (C=O) groups excluding carboxylic acids is 1. The smallest absolute Gasteiger partial charge is 0.225 e. The summed E-state index contributed by atoms with van der Waals surface area (Å²) in [7, 11) is 0. The number of nitrogens with two attached hydrogens (primary N) is 1. The Labute approximate surface area is 109 Å². The molecule has 1 atom stereocenters. The Morgan fingerprint density at radius 1 is 1.28 bits per heavy atom. The van der Waals surface area contributed by atoms with Crippen LogP contribution < -0.4 is 16.4 Å². The number of rotatable bonds is 8. The lowest BCUT2D eigenvalue weighted by molar-refractivity contribution is -0.116. The number of anilines is 1. The van der Waals surface area contributed by atoms with Crippen molar-refractivity contribution in [3.63, 3.8) is 0 Å². The minimum atomic E-state index is 0.0417. The molecule has 0 saturated heterocycles. The molecule has 0 aliphatic carbocycles. The number of amides is 1. The molecule has 1 amide bonds. The highest BCUT2D eigenvalue weighted by atomic mass is 16.1. The highest BCUT2D eigenvalue weighted by Crippen LogP contribution is 2.06. The largest absolute Gasteiger partial charge is 0.330 e. The zero-order valence-corrected chi connectivity index (χ0v) is 11.0. The molecule has 0 aromatic heterocycles. The first-order chi connectivity index (χ1) is 8.72. The Balaban J connectivity index is 2.19. The van der Waals surface area contributed by atoms with Crippen LogP contribution in [0.15, 0.2) is 30.3 Å². The zero-order valence-electron chi connectivity index (χ0n) is 11.0. The van der Waals surface area contributed by atoms with Crippen molar-refractivity contribution < 1.29 is 4.79 Å². The van der Waals surface area contributed by atoms with Gasteiger partial charge in [0.1, 0.15) is 0 Å². The average Bonchev–Trinajstić information content (AvgIpc) is 2.35. The molecule has 100 valence electrons. The monoisotopic (exact) mass is 249 g/mol. The number of hydrogen-bond donors (Lipinski definition) is 3. The van der Waals surface area contributed by atoms with E-state index in [0.717, 1.165) is 31.6 Å². The third kappa shape index (κ3) is 6.37. The van der Waals surface area contributed by atoms with Gasteiger partial charge in [-0.05, 0) is 45.0 Å². The van der Waals surface area contributed by atoms with Crippen LogP contribution in [0.3, 0.4) is 0 Å². The molecule has 0 radical (unpaired) electrons. The summed E-state index contributed by atoms with van der Waals surface area (Å²) in [6.07, 6.45) is 2.56. The maximum absolute atomic E-state index is 11.7. The maximum atomic E-state index is 11.7. The van der Waals surface area contributed by atoms with E-state index in [1.54, 1.807) is 0 Å². The summed E-state index contributed by atoms with van der Waals surface area (Å²) < 4.78 is 0. The second-order valence-corrected chi connectivity index (χ2v) is 4.47. The first-order valence-electron chi connectivity index (χ1n) is 6.50. The van der Waals surface area contributed by atoms with Crippen LogP contribution in [0.5, 0.6) is 0 Å². The predicted molar refractivity (Wildman–Crippen MR) is 75.4 cm³/mol. The Hall–Kier alpha value is -1.39. The molecule has 0 saturated carbocycles. The van der Waals surface area contributed by atoms with E-state index in [1.165, 1.54) is 0 Å². The second-order valence-electron chi connectivity index (χ2n) is 4.47. The van der Waals surface area contributed by atoms with Gasteiger partial charge in [0.25, 0.3) is 0 Å². The van der Waals surface area contributed by atoms with Crippen molar-refractivity contribution in [3.8, 4) is 0 Å². The van der Waals surface area contributed by atoms with Gasteiger partial charge in [-0.3, -0.25) is 4.79 Å². The van der Waals surface area contributed by atoms with Crippen LogP contribution in [0.1, 0.15) is 26.2 Å². The number of nitrogens with one attached hydrogen (secondary N) is 2. The summed E-state index contributed by atoms with van der Waals surface area (Å²) in [5.41, 5.74) is 6.27. The van der Waals surface area contributed by atoms with Crippen molar-refractivity contribution in [2.45, 2.75) is 32.2 Å². The fraction of sp³-hybridized carbons (Fsp3) is 0.500. The van der Waals surface area contributed by atoms with Crippen molar-refractivity contribution in [3.05, 3.63) is 30.3 Å². The number of hydrogen-bond acceptors (Lipinski definition) is 3. The molecular weight excluding hydrogens is 226 g/mol. The van der Waals surface area contributed by atoms with Gasteiger partial charge in [0, 0.05) is 18.2 Å². The highest BCUT2D eigenvalue weighted by molar-refractivity contribution is 5.90. The van der Waals surface area contributed by atoms with E-state index in [9.17, 15) is 4.79 Å². The maximum Gasteiger partial charge on any atom is 0.225 e. The molecule has 0 aliphatic heterocycles. The minimum Gasteiger partial charge on any atom is -0.330 e. The average molecular weight is 249 g/mol. The molecule has 0 spiro atoms. The van der Waals surface area contributed by atoms with Crippen LogP contribution in [0.2, 0.25) is 0 Å². The van der Waals surface area contributed by atoms with Crippen LogP contribution in [-0.4, -0.2) is 25.0 Å². The zero-order chi connectivity index (χ0) is 13.2. The van der Waals surface area contributed by atoms with Crippen LogP contribution in [0.4, 0.5) is 5.69 Å². The summed E-state index contributed by atoms with van der Waals surface area (Å²) in [5, 5.41) is 6.19. The molecule has 18 heavy (non-hydrogen) atoms. The summed E-state index contributed by atoms with van der Waals surface area (Å²) in [4.78, 5) is 11.7. The van der Waals surface area contributed by atoms with Gasteiger partial charge < -0.3 is 16.4 Å². The van der Waals surface area contributed by atoms with E-state index < -0.39 is 0 Å². The molecule has 1 aromatic rings. The fourth-order valence-electron chi connectivity index (χ4n) is 1.70. The molecule has 0 aliphatic rings. The molecule has 1 unspecified atom stereocenters. The van der Waals surface area contributed by atoms with Crippen molar-refractivity contribution in [1.29, 1.82) is 0 Å². The number of para-hydroxylation sites is 1. The summed E-state index contributed by atoms with van der Waals surface area (Å²) >= 11 is 0. The highest BCUT2D eigenvalue weighted by Gasteiger charge is 2.08. The van der Waals surface area contributed by atoms with Crippen molar-refractivity contribution in [2.75, 3.05) is 18.4 Å².